The number of nitrogens with one attached hydrogen (secondary N) is 1. The lowest BCUT2D eigenvalue weighted by atomic mass is 10.2. The van der Waals surface area contributed by atoms with Crippen LogP contribution in [0.4, 0.5) is 5.82 Å². The van der Waals surface area contributed by atoms with E-state index in [-0.39, 0.29) is 23.8 Å². The molecule has 0 aliphatic carbocycles. The summed E-state index contributed by atoms with van der Waals surface area (Å²) >= 11 is 0. The zero-order chi connectivity index (χ0) is 22.3. The molecule has 3 rings (SSSR count). The molecule has 2 heterocycles. The first-order chi connectivity index (χ1) is 14.9. The minimum absolute atomic E-state index is 0.0212. The molecule has 1 aromatic heterocycles. The lowest BCUT2D eigenvalue weighted by Gasteiger charge is -2.35. The Hall–Kier alpha value is -3.16. The largest absolute Gasteiger partial charge is 0.494 e. The van der Waals surface area contributed by atoms with Gasteiger partial charge in [0, 0.05) is 45.3 Å². The SMILES string of the molecule is CCOc1ccc(S(=O)(=O)NCCC(=O)N2CCN(c3ncccc3C#N)CC2)cc1. The second-order valence-electron chi connectivity index (χ2n) is 6.91. The Labute approximate surface area is 182 Å². The summed E-state index contributed by atoms with van der Waals surface area (Å²) in [4.78, 5) is 20.6. The van der Waals surface area contributed by atoms with Gasteiger partial charge in [0.2, 0.25) is 15.9 Å². The Morgan fingerprint density at radius 2 is 1.90 bits per heavy atom. The molecule has 0 atom stereocenters. The summed E-state index contributed by atoms with van der Waals surface area (Å²) in [6.45, 7) is 4.49. The number of sulfonamides is 1. The number of rotatable bonds is 8. The van der Waals surface area contributed by atoms with Gasteiger partial charge in [-0.05, 0) is 43.3 Å². The topological polar surface area (TPSA) is 116 Å². The highest BCUT2D eigenvalue weighted by Crippen LogP contribution is 2.18. The van der Waals surface area contributed by atoms with Gasteiger partial charge in [-0.1, -0.05) is 0 Å². The zero-order valence-corrected chi connectivity index (χ0v) is 18.1. The molecular formula is C21H25N5O4S. The maximum Gasteiger partial charge on any atom is 0.240 e. The molecule has 0 unspecified atom stereocenters. The van der Waals surface area contributed by atoms with Gasteiger partial charge in [-0.15, -0.1) is 0 Å². The molecule has 1 aromatic carbocycles. The lowest BCUT2D eigenvalue weighted by molar-refractivity contribution is -0.131. The molecule has 1 aliphatic rings. The number of carbonyl (C=O) groups is 1. The molecular weight excluding hydrogens is 418 g/mol. The predicted octanol–water partition coefficient (Wildman–Crippen LogP) is 1.37. The number of nitriles is 1. The Morgan fingerprint density at radius 1 is 1.19 bits per heavy atom. The van der Waals surface area contributed by atoms with E-state index in [0.29, 0.717) is 49.9 Å². The van der Waals surface area contributed by atoms with Gasteiger partial charge in [0.1, 0.15) is 17.6 Å². The molecule has 2 aromatic rings. The third-order valence-corrected chi connectivity index (χ3v) is 6.39. The fourth-order valence-corrected chi connectivity index (χ4v) is 4.35. The molecule has 1 N–H and O–H groups in total. The van der Waals surface area contributed by atoms with E-state index in [1.165, 1.54) is 12.1 Å². The van der Waals surface area contributed by atoms with Crippen LogP contribution in [-0.2, 0) is 14.8 Å². The standard InChI is InChI=1S/C21H25N5O4S/c1-2-30-18-5-7-19(8-6-18)31(28,29)24-11-9-20(27)25-12-14-26(15-13-25)21-17(16-22)4-3-10-23-21/h3-8,10,24H,2,9,11-15H2,1H3. The van der Waals surface area contributed by atoms with Crippen molar-refractivity contribution in [2.24, 2.45) is 0 Å². The van der Waals surface area contributed by atoms with Crippen LogP contribution in [0.5, 0.6) is 5.75 Å². The maximum absolute atomic E-state index is 12.5. The molecule has 0 spiro atoms. The molecule has 164 valence electrons. The summed E-state index contributed by atoms with van der Waals surface area (Å²) in [6, 6.07) is 11.7. The number of hydrogen-bond acceptors (Lipinski definition) is 7. The van der Waals surface area contributed by atoms with Crippen molar-refractivity contribution in [3.8, 4) is 11.8 Å². The number of amides is 1. The van der Waals surface area contributed by atoms with Crippen LogP contribution < -0.4 is 14.4 Å². The average molecular weight is 444 g/mol. The molecule has 1 amide bonds. The van der Waals surface area contributed by atoms with Crippen LogP contribution in [0, 0.1) is 11.3 Å². The molecule has 1 saturated heterocycles. The predicted molar refractivity (Wildman–Crippen MR) is 115 cm³/mol. The van der Waals surface area contributed by atoms with Crippen molar-refractivity contribution < 1.29 is 17.9 Å². The summed E-state index contributed by atoms with van der Waals surface area (Å²) in [5, 5.41) is 9.23. The first-order valence-corrected chi connectivity index (χ1v) is 11.5. The van der Waals surface area contributed by atoms with Crippen molar-refractivity contribution >= 4 is 21.7 Å². The lowest BCUT2D eigenvalue weighted by Crippen LogP contribution is -2.49. The molecule has 1 aliphatic heterocycles. The number of benzene rings is 1. The highest BCUT2D eigenvalue weighted by molar-refractivity contribution is 7.89. The van der Waals surface area contributed by atoms with E-state index in [9.17, 15) is 18.5 Å². The number of anilines is 1. The van der Waals surface area contributed by atoms with E-state index in [1.807, 2.05) is 11.8 Å². The Kier molecular flexibility index (Phi) is 7.44. The molecule has 0 saturated carbocycles. The minimum atomic E-state index is -3.69. The monoisotopic (exact) mass is 443 g/mol. The fourth-order valence-electron chi connectivity index (χ4n) is 3.32. The fraction of sp³-hybridized carbons (Fsp3) is 0.381. The summed E-state index contributed by atoms with van der Waals surface area (Å²) in [5.41, 5.74) is 0.506. The number of carbonyl (C=O) groups excluding carboxylic acids is 1. The second-order valence-corrected chi connectivity index (χ2v) is 8.67. The summed E-state index contributed by atoms with van der Waals surface area (Å²) < 4.78 is 32.6. The van der Waals surface area contributed by atoms with E-state index in [1.54, 1.807) is 35.4 Å². The van der Waals surface area contributed by atoms with Crippen LogP contribution >= 0.6 is 0 Å². The van der Waals surface area contributed by atoms with Gasteiger partial charge in [0.25, 0.3) is 0 Å². The van der Waals surface area contributed by atoms with E-state index >= 15 is 0 Å². The van der Waals surface area contributed by atoms with Gasteiger partial charge in [-0.25, -0.2) is 18.1 Å². The molecule has 10 heteroatoms. The minimum Gasteiger partial charge on any atom is -0.494 e. The van der Waals surface area contributed by atoms with E-state index in [0.717, 1.165) is 0 Å². The van der Waals surface area contributed by atoms with Crippen molar-refractivity contribution in [3.63, 3.8) is 0 Å². The van der Waals surface area contributed by atoms with E-state index < -0.39 is 10.0 Å². The van der Waals surface area contributed by atoms with Crippen molar-refractivity contribution in [3.05, 3.63) is 48.2 Å². The number of piperazine rings is 1. The van der Waals surface area contributed by atoms with Crippen molar-refractivity contribution in [1.29, 1.82) is 5.26 Å². The van der Waals surface area contributed by atoms with Crippen molar-refractivity contribution in [2.45, 2.75) is 18.2 Å². The van der Waals surface area contributed by atoms with Crippen LogP contribution in [-0.4, -0.2) is 63.5 Å². The summed E-state index contributed by atoms with van der Waals surface area (Å²) in [7, 11) is -3.69. The third kappa shape index (κ3) is 5.71. The van der Waals surface area contributed by atoms with Gasteiger partial charge in [0.15, 0.2) is 0 Å². The quantitative estimate of drug-likeness (QED) is 0.655. The van der Waals surface area contributed by atoms with Crippen LogP contribution in [0.3, 0.4) is 0 Å². The highest BCUT2D eigenvalue weighted by Gasteiger charge is 2.23. The van der Waals surface area contributed by atoms with Crippen LogP contribution in [0.1, 0.15) is 18.9 Å². The number of aromatic nitrogens is 1. The van der Waals surface area contributed by atoms with Crippen LogP contribution in [0.15, 0.2) is 47.5 Å². The van der Waals surface area contributed by atoms with Gasteiger partial charge >= 0.3 is 0 Å². The first-order valence-electron chi connectivity index (χ1n) is 10.0. The first kappa shape index (κ1) is 22.5. The summed E-state index contributed by atoms with van der Waals surface area (Å²) in [5.74, 6) is 1.11. The van der Waals surface area contributed by atoms with Crippen molar-refractivity contribution in [1.82, 2.24) is 14.6 Å². The van der Waals surface area contributed by atoms with Crippen LogP contribution in [0.2, 0.25) is 0 Å². The van der Waals surface area contributed by atoms with E-state index in [2.05, 4.69) is 15.8 Å². The molecule has 9 nitrogen and oxygen atoms in total. The van der Waals surface area contributed by atoms with Gasteiger partial charge < -0.3 is 14.5 Å². The van der Waals surface area contributed by atoms with Gasteiger partial charge in [-0.2, -0.15) is 5.26 Å². The number of hydrogen-bond donors (Lipinski definition) is 1. The number of ether oxygens (including phenoxy) is 1. The Bertz CT molecular complexity index is 1040. The number of pyridine rings is 1. The van der Waals surface area contributed by atoms with E-state index in [4.69, 9.17) is 4.74 Å². The maximum atomic E-state index is 12.5. The molecule has 31 heavy (non-hydrogen) atoms. The van der Waals surface area contributed by atoms with Gasteiger partial charge in [0.05, 0.1) is 17.1 Å². The Balaban J connectivity index is 1.47. The normalized spacial score (nSPS) is 14.2. The zero-order valence-electron chi connectivity index (χ0n) is 17.3. The van der Waals surface area contributed by atoms with Gasteiger partial charge in [-0.3, -0.25) is 4.79 Å². The van der Waals surface area contributed by atoms with Crippen LogP contribution in [0.25, 0.3) is 0 Å². The van der Waals surface area contributed by atoms with Crippen molar-refractivity contribution in [2.75, 3.05) is 44.2 Å². The molecule has 0 radical (unpaired) electrons. The summed E-state index contributed by atoms with van der Waals surface area (Å²) in [6.07, 6.45) is 1.72. The highest BCUT2D eigenvalue weighted by atomic mass is 32.2. The average Bonchev–Trinajstić information content (AvgIpc) is 2.79. The Morgan fingerprint density at radius 3 is 2.55 bits per heavy atom. The molecule has 1 fully saturated rings. The number of nitrogens with zero attached hydrogens (tertiary/aromatic N) is 4. The third-order valence-electron chi connectivity index (χ3n) is 4.92. The smallest absolute Gasteiger partial charge is 0.240 e. The second kappa shape index (κ2) is 10.2. The molecule has 0 bridgehead atoms.